The first-order valence-electron chi connectivity index (χ1n) is 11.1. The molecule has 1 saturated heterocycles. The van der Waals surface area contributed by atoms with E-state index in [9.17, 15) is 9.18 Å². The van der Waals surface area contributed by atoms with Crippen molar-refractivity contribution in [3.05, 3.63) is 77.4 Å². The van der Waals surface area contributed by atoms with Gasteiger partial charge < -0.3 is 10.1 Å². The third-order valence-electron chi connectivity index (χ3n) is 5.78. The number of aryl methyl sites for hydroxylation is 2. The van der Waals surface area contributed by atoms with Crippen LogP contribution in [0.15, 0.2) is 60.0 Å². The number of carbonyl (C=O) groups excluding carboxylic acids is 1. The molecule has 174 valence electrons. The smallest absolute Gasteiger partial charge is 0.230 e. The number of morpholine rings is 1. The van der Waals surface area contributed by atoms with Gasteiger partial charge in [0, 0.05) is 32.0 Å². The Hall–Kier alpha value is -2.68. The van der Waals surface area contributed by atoms with E-state index in [1.165, 1.54) is 23.4 Å². The van der Waals surface area contributed by atoms with Gasteiger partial charge in [-0.2, -0.15) is 0 Å². The van der Waals surface area contributed by atoms with Crippen LogP contribution in [0.4, 0.5) is 4.39 Å². The molecule has 0 radical (unpaired) electrons. The first kappa shape index (κ1) is 23.5. The molecule has 1 atom stereocenters. The number of rotatable bonds is 8. The van der Waals surface area contributed by atoms with Gasteiger partial charge in [0.2, 0.25) is 5.91 Å². The van der Waals surface area contributed by atoms with E-state index in [1.54, 1.807) is 18.3 Å². The summed E-state index contributed by atoms with van der Waals surface area (Å²) in [4.78, 5) is 19.4. The number of thioether (sulfide) groups is 1. The number of aromatic nitrogens is 2. The minimum Gasteiger partial charge on any atom is -0.379 e. The number of amides is 1. The van der Waals surface area contributed by atoms with E-state index in [1.807, 2.05) is 16.8 Å². The molecule has 0 aliphatic carbocycles. The fourth-order valence-electron chi connectivity index (χ4n) is 4.01. The second-order valence-corrected chi connectivity index (χ2v) is 9.12. The normalized spacial score (nSPS) is 15.4. The number of imidazole rings is 1. The minimum absolute atomic E-state index is 0.0785. The van der Waals surface area contributed by atoms with E-state index >= 15 is 0 Å². The van der Waals surface area contributed by atoms with Crippen molar-refractivity contribution in [2.45, 2.75) is 25.0 Å². The van der Waals surface area contributed by atoms with Crippen molar-refractivity contribution >= 4 is 17.7 Å². The summed E-state index contributed by atoms with van der Waals surface area (Å²) in [6, 6.07) is 12.8. The summed E-state index contributed by atoms with van der Waals surface area (Å²) in [5, 5.41) is 3.81. The fourth-order valence-corrected chi connectivity index (χ4v) is 4.81. The first-order chi connectivity index (χ1) is 16.0. The number of ether oxygens (including phenoxy) is 1. The number of carbonyl (C=O) groups is 1. The average Bonchev–Trinajstić information content (AvgIpc) is 3.28. The van der Waals surface area contributed by atoms with Gasteiger partial charge in [0.25, 0.3) is 0 Å². The molecule has 1 unspecified atom stereocenters. The molecular weight excluding hydrogens is 439 g/mol. The zero-order valence-corrected chi connectivity index (χ0v) is 19.8. The van der Waals surface area contributed by atoms with Gasteiger partial charge in [-0.1, -0.05) is 36.0 Å². The van der Waals surface area contributed by atoms with E-state index < -0.39 is 0 Å². The van der Waals surface area contributed by atoms with Gasteiger partial charge in [-0.3, -0.25) is 14.3 Å². The molecule has 0 spiro atoms. The predicted octanol–water partition coefficient (Wildman–Crippen LogP) is 3.91. The molecular formula is C25H29FN4O2S. The SMILES string of the molecule is Cc1ccc(C)c(-n2ccnc2SCC(=O)NCC(c2cccc(F)c2)N2CCOCC2)c1. The van der Waals surface area contributed by atoms with E-state index in [-0.39, 0.29) is 23.5 Å². The highest BCUT2D eigenvalue weighted by atomic mass is 32.2. The molecule has 33 heavy (non-hydrogen) atoms. The maximum Gasteiger partial charge on any atom is 0.230 e. The van der Waals surface area contributed by atoms with Crippen LogP contribution in [-0.2, 0) is 9.53 Å². The third kappa shape index (κ3) is 6.01. The second-order valence-electron chi connectivity index (χ2n) is 8.18. The Labute approximate surface area is 198 Å². The minimum atomic E-state index is -0.272. The van der Waals surface area contributed by atoms with E-state index in [0.29, 0.717) is 19.8 Å². The molecule has 0 saturated carbocycles. The molecule has 0 bridgehead atoms. The predicted molar refractivity (Wildman–Crippen MR) is 128 cm³/mol. The topological polar surface area (TPSA) is 59.4 Å². The summed E-state index contributed by atoms with van der Waals surface area (Å²) in [7, 11) is 0. The van der Waals surface area contributed by atoms with Crippen molar-refractivity contribution in [2.24, 2.45) is 0 Å². The Morgan fingerprint density at radius 3 is 2.82 bits per heavy atom. The molecule has 1 fully saturated rings. The van der Waals surface area contributed by atoms with Gasteiger partial charge in [-0.05, 0) is 48.7 Å². The molecule has 1 aliphatic rings. The van der Waals surface area contributed by atoms with E-state index in [2.05, 4.69) is 47.2 Å². The highest BCUT2D eigenvalue weighted by Crippen LogP contribution is 2.24. The summed E-state index contributed by atoms with van der Waals surface area (Å²) < 4.78 is 21.3. The molecule has 1 aromatic heterocycles. The molecule has 2 heterocycles. The van der Waals surface area contributed by atoms with Crippen LogP contribution >= 0.6 is 11.8 Å². The molecule has 2 aromatic carbocycles. The quantitative estimate of drug-likeness (QED) is 0.508. The Morgan fingerprint density at radius 1 is 1.21 bits per heavy atom. The van der Waals surface area contributed by atoms with Crippen LogP contribution in [0.2, 0.25) is 0 Å². The Balaban J connectivity index is 1.39. The molecule has 4 rings (SSSR count). The van der Waals surface area contributed by atoms with Gasteiger partial charge >= 0.3 is 0 Å². The van der Waals surface area contributed by atoms with Crippen molar-refractivity contribution < 1.29 is 13.9 Å². The highest BCUT2D eigenvalue weighted by molar-refractivity contribution is 7.99. The van der Waals surface area contributed by atoms with Crippen molar-refractivity contribution in [1.29, 1.82) is 0 Å². The molecule has 6 nitrogen and oxygen atoms in total. The summed E-state index contributed by atoms with van der Waals surface area (Å²) in [5.74, 6) is -0.1000. The van der Waals surface area contributed by atoms with Crippen LogP contribution in [0, 0.1) is 19.7 Å². The zero-order chi connectivity index (χ0) is 23.2. The Kier molecular flexibility index (Phi) is 7.80. The standard InChI is InChI=1S/C25H29FN4O2S/c1-18-6-7-19(2)22(14-18)30-9-8-27-25(30)33-17-24(31)28-16-23(29-10-12-32-13-11-29)20-4-3-5-21(26)15-20/h3-9,14-15,23H,10-13,16-17H2,1-2H3,(H,28,31). The fraction of sp³-hybridized carbons (Fsp3) is 0.360. The number of hydrogen-bond donors (Lipinski definition) is 1. The maximum atomic E-state index is 13.9. The third-order valence-corrected chi connectivity index (χ3v) is 6.74. The van der Waals surface area contributed by atoms with Crippen molar-refractivity contribution in [3.8, 4) is 5.69 Å². The summed E-state index contributed by atoms with van der Waals surface area (Å²) in [5.41, 5.74) is 4.24. The maximum absolute atomic E-state index is 13.9. The lowest BCUT2D eigenvalue weighted by atomic mass is 10.0. The molecule has 1 amide bonds. The lowest BCUT2D eigenvalue weighted by Gasteiger charge is -2.35. The second kappa shape index (κ2) is 11.0. The summed E-state index contributed by atoms with van der Waals surface area (Å²) in [6.45, 7) is 7.30. The van der Waals surface area contributed by atoms with Gasteiger partial charge in [0.1, 0.15) is 5.82 Å². The number of hydrogen-bond acceptors (Lipinski definition) is 5. The molecule has 1 N–H and O–H groups in total. The van der Waals surface area contributed by atoms with Crippen LogP contribution in [-0.4, -0.2) is 59.0 Å². The number of nitrogens with one attached hydrogen (secondary N) is 1. The van der Waals surface area contributed by atoms with Crippen LogP contribution in [0.1, 0.15) is 22.7 Å². The highest BCUT2D eigenvalue weighted by Gasteiger charge is 2.23. The zero-order valence-electron chi connectivity index (χ0n) is 19.0. The Bertz CT molecular complexity index is 1100. The molecule has 1 aliphatic heterocycles. The Morgan fingerprint density at radius 2 is 2.03 bits per heavy atom. The van der Waals surface area contributed by atoms with Crippen molar-refractivity contribution in [1.82, 2.24) is 19.8 Å². The monoisotopic (exact) mass is 468 g/mol. The average molecular weight is 469 g/mol. The number of nitrogens with zero attached hydrogens (tertiary/aromatic N) is 3. The molecule has 8 heteroatoms. The first-order valence-corrected chi connectivity index (χ1v) is 12.1. The largest absolute Gasteiger partial charge is 0.379 e. The van der Waals surface area contributed by atoms with E-state index in [4.69, 9.17) is 4.74 Å². The van der Waals surface area contributed by atoms with Crippen LogP contribution in [0.5, 0.6) is 0 Å². The van der Waals surface area contributed by atoms with Gasteiger partial charge in [0.05, 0.1) is 30.7 Å². The van der Waals surface area contributed by atoms with E-state index in [0.717, 1.165) is 35.1 Å². The van der Waals surface area contributed by atoms with Crippen molar-refractivity contribution in [2.75, 3.05) is 38.6 Å². The van der Waals surface area contributed by atoms with Crippen LogP contribution in [0.25, 0.3) is 5.69 Å². The lowest BCUT2D eigenvalue weighted by molar-refractivity contribution is -0.118. The summed E-state index contributed by atoms with van der Waals surface area (Å²) >= 11 is 1.40. The molecule has 3 aromatic rings. The van der Waals surface area contributed by atoms with Crippen LogP contribution < -0.4 is 5.32 Å². The van der Waals surface area contributed by atoms with Gasteiger partial charge in [0.15, 0.2) is 5.16 Å². The van der Waals surface area contributed by atoms with Gasteiger partial charge in [-0.15, -0.1) is 0 Å². The lowest BCUT2D eigenvalue weighted by Crippen LogP contribution is -2.44. The van der Waals surface area contributed by atoms with Crippen molar-refractivity contribution in [3.63, 3.8) is 0 Å². The summed E-state index contributed by atoms with van der Waals surface area (Å²) in [6.07, 6.45) is 3.67. The van der Waals surface area contributed by atoms with Crippen LogP contribution in [0.3, 0.4) is 0 Å². The number of halogens is 1. The van der Waals surface area contributed by atoms with Gasteiger partial charge in [-0.25, -0.2) is 9.37 Å². The number of benzene rings is 2.